The summed E-state index contributed by atoms with van der Waals surface area (Å²) in [7, 11) is 0. The first-order valence-electron chi connectivity index (χ1n) is 5.55. The van der Waals surface area contributed by atoms with Crippen LogP contribution in [-0.2, 0) is 13.1 Å². The van der Waals surface area contributed by atoms with Crippen molar-refractivity contribution < 1.29 is 5.21 Å². The van der Waals surface area contributed by atoms with E-state index < -0.39 is 0 Å². The molecule has 2 N–H and O–H groups in total. The quantitative estimate of drug-likeness (QED) is 0.737. The standard InChI is InChI=1S/C12H18N2O/c15-13-9-11-4-3-5-12(8-11)10-14-6-1-2-7-14/h3-5,8,13,15H,1-2,6-7,9-10H2. The number of benzene rings is 1. The third-order valence-electron chi connectivity index (χ3n) is 2.88. The van der Waals surface area contributed by atoms with E-state index in [4.69, 9.17) is 5.21 Å². The van der Waals surface area contributed by atoms with Crippen molar-refractivity contribution in [3.8, 4) is 0 Å². The fourth-order valence-corrected chi connectivity index (χ4v) is 2.13. The predicted octanol–water partition coefficient (Wildman–Crippen LogP) is 1.76. The van der Waals surface area contributed by atoms with E-state index >= 15 is 0 Å². The van der Waals surface area contributed by atoms with Crippen LogP contribution in [0.15, 0.2) is 24.3 Å². The highest BCUT2D eigenvalue weighted by molar-refractivity contribution is 5.23. The van der Waals surface area contributed by atoms with Gasteiger partial charge in [0.1, 0.15) is 0 Å². The van der Waals surface area contributed by atoms with Crippen molar-refractivity contribution in [3.05, 3.63) is 35.4 Å². The van der Waals surface area contributed by atoms with Gasteiger partial charge in [-0.25, -0.2) is 5.48 Å². The fourth-order valence-electron chi connectivity index (χ4n) is 2.13. The van der Waals surface area contributed by atoms with Crippen LogP contribution in [0.4, 0.5) is 0 Å². The van der Waals surface area contributed by atoms with E-state index in [9.17, 15) is 0 Å². The molecule has 2 rings (SSSR count). The summed E-state index contributed by atoms with van der Waals surface area (Å²) >= 11 is 0. The first-order chi connectivity index (χ1) is 7.38. The summed E-state index contributed by atoms with van der Waals surface area (Å²) in [6, 6.07) is 8.38. The summed E-state index contributed by atoms with van der Waals surface area (Å²) in [5.74, 6) is 0. The van der Waals surface area contributed by atoms with Crippen molar-refractivity contribution in [1.29, 1.82) is 0 Å². The molecular weight excluding hydrogens is 188 g/mol. The third kappa shape index (κ3) is 3.02. The second-order valence-corrected chi connectivity index (χ2v) is 4.14. The predicted molar refractivity (Wildman–Crippen MR) is 59.6 cm³/mol. The van der Waals surface area contributed by atoms with E-state index in [1.54, 1.807) is 0 Å². The van der Waals surface area contributed by atoms with Crippen LogP contribution in [0.1, 0.15) is 24.0 Å². The maximum atomic E-state index is 8.63. The number of rotatable bonds is 4. The first-order valence-corrected chi connectivity index (χ1v) is 5.55. The van der Waals surface area contributed by atoms with Gasteiger partial charge in [0.2, 0.25) is 0 Å². The number of hydroxylamine groups is 1. The van der Waals surface area contributed by atoms with Crippen LogP contribution in [0, 0.1) is 0 Å². The van der Waals surface area contributed by atoms with Gasteiger partial charge < -0.3 is 5.21 Å². The van der Waals surface area contributed by atoms with Crippen molar-refractivity contribution in [2.75, 3.05) is 13.1 Å². The van der Waals surface area contributed by atoms with Crippen LogP contribution in [0.3, 0.4) is 0 Å². The van der Waals surface area contributed by atoms with Crippen molar-refractivity contribution >= 4 is 0 Å². The van der Waals surface area contributed by atoms with Crippen LogP contribution in [0.2, 0.25) is 0 Å². The van der Waals surface area contributed by atoms with E-state index in [0.29, 0.717) is 6.54 Å². The fraction of sp³-hybridized carbons (Fsp3) is 0.500. The maximum Gasteiger partial charge on any atom is 0.0458 e. The van der Waals surface area contributed by atoms with Gasteiger partial charge in [-0.3, -0.25) is 4.90 Å². The SMILES string of the molecule is ONCc1cccc(CN2CCCC2)c1. The zero-order valence-electron chi connectivity index (χ0n) is 8.95. The summed E-state index contributed by atoms with van der Waals surface area (Å²) in [5.41, 5.74) is 4.66. The van der Waals surface area contributed by atoms with Crippen molar-refractivity contribution in [2.24, 2.45) is 0 Å². The Kier molecular flexibility index (Phi) is 3.72. The Hall–Kier alpha value is -0.900. The summed E-state index contributed by atoms with van der Waals surface area (Å²) in [6.45, 7) is 4.01. The molecule has 15 heavy (non-hydrogen) atoms. The average molecular weight is 206 g/mol. The Bertz CT molecular complexity index is 308. The highest BCUT2D eigenvalue weighted by Crippen LogP contribution is 2.13. The molecule has 0 aliphatic carbocycles. The topological polar surface area (TPSA) is 35.5 Å². The molecule has 0 amide bonds. The van der Waals surface area contributed by atoms with Crippen molar-refractivity contribution in [2.45, 2.75) is 25.9 Å². The van der Waals surface area contributed by atoms with Crippen molar-refractivity contribution in [1.82, 2.24) is 10.4 Å². The molecule has 1 saturated heterocycles. The number of nitrogens with one attached hydrogen (secondary N) is 1. The zero-order chi connectivity index (χ0) is 10.5. The lowest BCUT2D eigenvalue weighted by atomic mass is 10.1. The molecule has 0 atom stereocenters. The summed E-state index contributed by atoms with van der Waals surface area (Å²) in [4.78, 5) is 2.48. The third-order valence-corrected chi connectivity index (χ3v) is 2.88. The Morgan fingerprint density at radius 2 is 1.93 bits per heavy atom. The normalized spacial score (nSPS) is 17.1. The first kappa shape index (κ1) is 10.6. The molecule has 1 fully saturated rings. The molecule has 82 valence electrons. The van der Waals surface area contributed by atoms with Gasteiger partial charge >= 0.3 is 0 Å². The van der Waals surface area contributed by atoms with Crippen LogP contribution in [0.5, 0.6) is 0 Å². The van der Waals surface area contributed by atoms with E-state index in [1.807, 2.05) is 6.07 Å². The average Bonchev–Trinajstić information content (AvgIpc) is 2.71. The van der Waals surface area contributed by atoms with Gasteiger partial charge in [-0.2, -0.15) is 0 Å². The molecule has 0 saturated carbocycles. The lowest BCUT2D eigenvalue weighted by Crippen LogP contribution is -2.18. The van der Waals surface area contributed by atoms with Gasteiger partial charge in [0.15, 0.2) is 0 Å². The van der Waals surface area contributed by atoms with Crippen molar-refractivity contribution in [3.63, 3.8) is 0 Å². The Balaban J connectivity index is 1.97. The second kappa shape index (κ2) is 5.26. The number of hydrogen-bond acceptors (Lipinski definition) is 3. The lowest BCUT2D eigenvalue weighted by molar-refractivity contribution is 0.161. The van der Waals surface area contributed by atoms with Gasteiger partial charge in [0.25, 0.3) is 0 Å². The van der Waals surface area contributed by atoms with Crippen LogP contribution in [-0.4, -0.2) is 23.2 Å². The molecule has 1 heterocycles. The van der Waals surface area contributed by atoms with Crippen LogP contribution >= 0.6 is 0 Å². The monoisotopic (exact) mass is 206 g/mol. The molecule has 0 radical (unpaired) electrons. The molecule has 3 heteroatoms. The van der Waals surface area contributed by atoms with E-state index in [1.165, 1.54) is 31.5 Å². The highest BCUT2D eigenvalue weighted by atomic mass is 16.5. The summed E-state index contributed by atoms with van der Waals surface area (Å²) < 4.78 is 0. The van der Waals surface area contributed by atoms with E-state index in [-0.39, 0.29) is 0 Å². The second-order valence-electron chi connectivity index (χ2n) is 4.14. The largest absolute Gasteiger partial charge is 0.316 e. The van der Waals surface area contributed by atoms with Gasteiger partial charge in [-0.1, -0.05) is 24.3 Å². The Labute approximate surface area is 90.7 Å². The molecule has 1 aromatic rings. The van der Waals surface area contributed by atoms with Gasteiger partial charge in [0, 0.05) is 13.1 Å². The minimum absolute atomic E-state index is 0.522. The van der Waals surface area contributed by atoms with Crippen LogP contribution < -0.4 is 5.48 Å². The molecule has 1 aliphatic heterocycles. The summed E-state index contributed by atoms with van der Waals surface area (Å²) in [6.07, 6.45) is 2.66. The zero-order valence-corrected chi connectivity index (χ0v) is 8.95. The van der Waals surface area contributed by atoms with Gasteiger partial charge in [0.05, 0.1) is 0 Å². The summed E-state index contributed by atoms with van der Waals surface area (Å²) in [5, 5.41) is 8.63. The van der Waals surface area contributed by atoms with E-state index in [0.717, 1.165) is 12.1 Å². The molecule has 0 unspecified atom stereocenters. The minimum atomic E-state index is 0.522. The highest BCUT2D eigenvalue weighted by Gasteiger charge is 2.11. The minimum Gasteiger partial charge on any atom is -0.316 e. The molecule has 0 aromatic heterocycles. The van der Waals surface area contributed by atoms with Gasteiger partial charge in [-0.05, 0) is 37.1 Å². The number of hydrogen-bond donors (Lipinski definition) is 2. The molecule has 1 aromatic carbocycles. The van der Waals surface area contributed by atoms with E-state index in [2.05, 4.69) is 28.6 Å². The Morgan fingerprint density at radius 1 is 1.20 bits per heavy atom. The molecule has 1 aliphatic rings. The maximum absolute atomic E-state index is 8.63. The smallest absolute Gasteiger partial charge is 0.0458 e. The Morgan fingerprint density at radius 3 is 2.67 bits per heavy atom. The molecular formula is C12H18N2O. The number of nitrogens with zero attached hydrogens (tertiary/aromatic N) is 1. The van der Waals surface area contributed by atoms with Gasteiger partial charge in [-0.15, -0.1) is 0 Å². The number of likely N-dealkylation sites (tertiary alicyclic amines) is 1. The lowest BCUT2D eigenvalue weighted by Gasteiger charge is -2.14. The molecule has 3 nitrogen and oxygen atoms in total. The van der Waals surface area contributed by atoms with Crippen LogP contribution in [0.25, 0.3) is 0 Å². The molecule has 0 bridgehead atoms. The molecule has 0 spiro atoms.